The third kappa shape index (κ3) is 6.22. The Morgan fingerprint density at radius 1 is 0.875 bits per heavy atom. The molecule has 2 rings (SSSR count). The lowest BCUT2D eigenvalue weighted by Gasteiger charge is -2.44. The van der Waals surface area contributed by atoms with Gasteiger partial charge in [-0.1, -0.05) is 58.3 Å². The molecule has 24 heavy (non-hydrogen) atoms. The molecule has 0 spiro atoms. The number of rotatable bonds is 10. The minimum absolute atomic E-state index is 0.111. The Balaban J connectivity index is 1.63. The van der Waals surface area contributed by atoms with Crippen LogP contribution < -0.4 is 0 Å². The van der Waals surface area contributed by atoms with Crippen LogP contribution in [0.3, 0.4) is 0 Å². The summed E-state index contributed by atoms with van der Waals surface area (Å²) in [4.78, 5) is 26.8. The van der Waals surface area contributed by atoms with Gasteiger partial charge in [-0.2, -0.15) is 0 Å². The van der Waals surface area contributed by atoms with Gasteiger partial charge in [0.2, 0.25) is 5.91 Å². The van der Waals surface area contributed by atoms with Crippen molar-refractivity contribution in [1.29, 1.82) is 0 Å². The van der Waals surface area contributed by atoms with E-state index < -0.39 is 0 Å². The average Bonchev–Trinajstić information content (AvgIpc) is 2.60. The summed E-state index contributed by atoms with van der Waals surface area (Å²) in [5, 5.41) is 0. The number of amides is 1. The van der Waals surface area contributed by atoms with E-state index >= 15 is 0 Å². The summed E-state index contributed by atoms with van der Waals surface area (Å²) >= 11 is 0. The van der Waals surface area contributed by atoms with E-state index in [9.17, 15) is 9.59 Å². The molecule has 2 fully saturated rings. The Labute approximate surface area is 148 Å². The van der Waals surface area contributed by atoms with Crippen LogP contribution in [0.15, 0.2) is 0 Å². The molecule has 0 radical (unpaired) electrons. The second-order valence-corrected chi connectivity index (χ2v) is 7.93. The topological polar surface area (TPSA) is 37.4 Å². The van der Waals surface area contributed by atoms with E-state index in [0.29, 0.717) is 18.4 Å². The highest BCUT2D eigenvalue weighted by molar-refractivity contribution is 5.98. The van der Waals surface area contributed by atoms with Crippen molar-refractivity contribution in [3.8, 4) is 0 Å². The number of Topliss-reactive ketones (excluding diaryl/α,β-unsaturated/α-hetero) is 1. The van der Waals surface area contributed by atoms with E-state index in [1.165, 1.54) is 57.8 Å². The Morgan fingerprint density at radius 2 is 1.54 bits per heavy atom. The third-order valence-electron chi connectivity index (χ3n) is 5.97. The van der Waals surface area contributed by atoms with Gasteiger partial charge >= 0.3 is 0 Å². The molecule has 1 amide bonds. The van der Waals surface area contributed by atoms with Crippen LogP contribution in [0, 0.1) is 5.92 Å². The zero-order valence-electron chi connectivity index (χ0n) is 15.7. The fourth-order valence-corrected chi connectivity index (χ4v) is 4.57. The molecule has 1 heterocycles. The summed E-state index contributed by atoms with van der Waals surface area (Å²) in [6.45, 7) is 3.11. The molecule has 3 nitrogen and oxygen atoms in total. The summed E-state index contributed by atoms with van der Waals surface area (Å²) in [6.07, 6.45) is 16.7. The third-order valence-corrected chi connectivity index (χ3v) is 5.97. The number of likely N-dealkylation sites (tertiary alicyclic amines) is 1. The molecular formula is C21H37NO2. The van der Waals surface area contributed by atoms with Crippen molar-refractivity contribution in [2.75, 3.05) is 6.54 Å². The SMILES string of the molecule is CCCCCCCCCC(=O)CC(=O)N1CCCC2CCCCC21. The van der Waals surface area contributed by atoms with Gasteiger partial charge in [-0.15, -0.1) is 0 Å². The molecule has 2 aliphatic rings. The number of carbonyl (C=O) groups excluding carboxylic acids is 2. The maximum absolute atomic E-state index is 12.6. The van der Waals surface area contributed by atoms with Crippen LogP contribution in [0.1, 0.15) is 103 Å². The molecule has 138 valence electrons. The second kappa shape index (κ2) is 10.9. The highest BCUT2D eigenvalue weighted by atomic mass is 16.2. The number of hydrogen-bond acceptors (Lipinski definition) is 2. The quantitative estimate of drug-likeness (QED) is 0.403. The smallest absolute Gasteiger partial charge is 0.230 e. The van der Waals surface area contributed by atoms with E-state index in [2.05, 4.69) is 11.8 Å². The number of ketones is 1. The molecule has 2 unspecified atom stereocenters. The van der Waals surface area contributed by atoms with Crippen molar-refractivity contribution in [3.05, 3.63) is 0 Å². The van der Waals surface area contributed by atoms with Crippen molar-refractivity contribution in [3.63, 3.8) is 0 Å². The molecule has 0 aromatic rings. The van der Waals surface area contributed by atoms with Crippen LogP contribution in [0.4, 0.5) is 0 Å². The normalized spacial score (nSPS) is 23.8. The first kappa shape index (κ1) is 19.5. The molecular weight excluding hydrogens is 298 g/mol. The van der Waals surface area contributed by atoms with Crippen molar-refractivity contribution in [2.45, 2.75) is 109 Å². The predicted octanol–water partition coefficient (Wildman–Crippen LogP) is 5.27. The number of carbonyl (C=O) groups is 2. The van der Waals surface area contributed by atoms with Crippen LogP contribution in [-0.4, -0.2) is 29.2 Å². The van der Waals surface area contributed by atoms with Gasteiger partial charge in [0.05, 0.1) is 6.42 Å². The lowest BCUT2D eigenvalue weighted by atomic mass is 9.78. The monoisotopic (exact) mass is 335 g/mol. The van der Waals surface area contributed by atoms with Gasteiger partial charge in [0.25, 0.3) is 0 Å². The molecule has 1 aliphatic carbocycles. The first-order valence-electron chi connectivity index (χ1n) is 10.5. The van der Waals surface area contributed by atoms with Gasteiger partial charge in [0.15, 0.2) is 0 Å². The lowest BCUT2D eigenvalue weighted by molar-refractivity contribution is -0.140. The van der Waals surface area contributed by atoms with Crippen LogP contribution in [0.2, 0.25) is 0 Å². The van der Waals surface area contributed by atoms with E-state index in [4.69, 9.17) is 0 Å². The Bertz CT molecular complexity index is 391. The highest BCUT2D eigenvalue weighted by Gasteiger charge is 2.35. The standard InChI is InChI=1S/C21H37NO2/c1-2-3-4-5-6-7-8-14-19(23)17-21(24)22-16-11-13-18-12-9-10-15-20(18)22/h18,20H,2-17H2,1H3. The van der Waals surface area contributed by atoms with Crippen LogP contribution in [0.5, 0.6) is 0 Å². The summed E-state index contributed by atoms with van der Waals surface area (Å²) in [7, 11) is 0. The second-order valence-electron chi connectivity index (χ2n) is 7.93. The highest BCUT2D eigenvalue weighted by Crippen LogP contribution is 2.35. The molecule has 0 N–H and O–H groups in total. The zero-order valence-corrected chi connectivity index (χ0v) is 15.7. The average molecular weight is 336 g/mol. The molecule has 3 heteroatoms. The molecule has 2 atom stereocenters. The fourth-order valence-electron chi connectivity index (χ4n) is 4.57. The maximum Gasteiger partial charge on any atom is 0.230 e. The number of hydrogen-bond donors (Lipinski definition) is 0. The zero-order chi connectivity index (χ0) is 17.2. The van der Waals surface area contributed by atoms with Gasteiger partial charge in [-0.25, -0.2) is 0 Å². The van der Waals surface area contributed by atoms with Crippen LogP contribution in [-0.2, 0) is 9.59 Å². The molecule has 1 aliphatic heterocycles. The van der Waals surface area contributed by atoms with Crippen molar-refractivity contribution < 1.29 is 9.59 Å². The van der Waals surface area contributed by atoms with Gasteiger partial charge in [0, 0.05) is 19.0 Å². The van der Waals surface area contributed by atoms with Crippen molar-refractivity contribution in [2.24, 2.45) is 5.92 Å². The number of piperidine rings is 1. The summed E-state index contributed by atoms with van der Waals surface area (Å²) in [6, 6.07) is 0.436. The lowest BCUT2D eigenvalue weighted by Crippen LogP contribution is -2.50. The maximum atomic E-state index is 12.6. The Morgan fingerprint density at radius 3 is 2.33 bits per heavy atom. The predicted molar refractivity (Wildman–Crippen MR) is 98.9 cm³/mol. The molecule has 1 saturated carbocycles. The van der Waals surface area contributed by atoms with Crippen LogP contribution in [0.25, 0.3) is 0 Å². The van der Waals surface area contributed by atoms with Crippen molar-refractivity contribution in [1.82, 2.24) is 4.90 Å². The fraction of sp³-hybridized carbons (Fsp3) is 0.905. The van der Waals surface area contributed by atoms with E-state index in [0.717, 1.165) is 32.2 Å². The molecule has 0 bridgehead atoms. The van der Waals surface area contributed by atoms with E-state index in [-0.39, 0.29) is 18.1 Å². The first-order valence-corrected chi connectivity index (χ1v) is 10.5. The minimum atomic E-state index is 0.111. The molecule has 1 saturated heterocycles. The van der Waals surface area contributed by atoms with Gasteiger partial charge < -0.3 is 4.90 Å². The summed E-state index contributed by atoms with van der Waals surface area (Å²) in [5.74, 6) is 0.973. The molecule has 0 aromatic carbocycles. The molecule has 0 aromatic heterocycles. The largest absolute Gasteiger partial charge is 0.339 e. The van der Waals surface area contributed by atoms with Crippen LogP contribution >= 0.6 is 0 Å². The minimum Gasteiger partial charge on any atom is -0.339 e. The first-order chi connectivity index (χ1) is 11.7. The number of unbranched alkanes of at least 4 members (excludes halogenated alkanes) is 6. The number of nitrogens with zero attached hydrogens (tertiary/aromatic N) is 1. The van der Waals surface area contributed by atoms with Crippen molar-refractivity contribution >= 4 is 11.7 Å². The summed E-state index contributed by atoms with van der Waals surface area (Å²) < 4.78 is 0. The Hall–Kier alpha value is -0.860. The Kier molecular flexibility index (Phi) is 8.83. The van der Waals surface area contributed by atoms with E-state index in [1.807, 2.05) is 0 Å². The van der Waals surface area contributed by atoms with E-state index in [1.54, 1.807) is 0 Å². The van der Waals surface area contributed by atoms with Gasteiger partial charge in [-0.05, 0) is 38.0 Å². The summed E-state index contributed by atoms with van der Waals surface area (Å²) in [5.41, 5.74) is 0. The van der Waals surface area contributed by atoms with Gasteiger partial charge in [0.1, 0.15) is 5.78 Å². The number of fused-ring (bicyclic) bond motifs is 1. The van der Waals surface area contributed by atoms with Gasteiger partial charge in [-0.3, -0.25) is 9.59 Å².